The summed E-state index contributed by atoms with van der Waals surface area (Å²) in [5, 5.41) is 2.91. The molecule has 6 nitrogen and oxygen atoms in total. The normalized spacial score (nSPS) is 18.1. The Morgan fingerprint density at radius 1 is 1.10 bits per heavy atom. The number of hydrogen-bond acceptors (Lipinski definition) is 3. The largest absolute Gasteiger partial charge is 0.352 e. The van der Waals surface area contributed by atoms with Crippen molar-refractivity contribution in [2.75, 3.05) is 18.0 Å². The number of fused-ring (bicyclic) bond motifs is 2. The summed E-state index contributed by atoms with van der Waals surface area (Å²) in [5.74, 6) is -0.186. The highest BCUT2D eigenvalue weighted by atomic mass is 16.2. The molecule has 2 aromatic carbocycles. The van der Waals surface area contributed by atoms with Crippen LogP contribution in [0.15, 0.2) is 48.5 Å². The van der Waals surface area contributed by atoms with Gasteiger partial charge in [-0.15, -0.1) is 0 Å². The van der Waals surface area contributed by atoms with Gasteiger partial charge >= 0.3 is 0 Å². The minimum Gasteiger partial charge on any atom is -0.352 e. The van der Waals surface area contributed by atoms with Crippen molar-refractivity contribution < 1.29 is 14.4 Å². The third-order valence-electron chi connectivity index (χ3n) is 5.86. The van der Waals surface area contributed by atoms with Crippen molar-refractivity contribution in [3.63, 3.8) is 0 Å². The fourth-order valence-corrected chi connectivity index (χ4v) is 4.20. The molecule has 0 aliphatic carbocycles. The number of nitrogens with zero attached hydrogens (tertiary/aromatic N) is 2. The number of benzene rings is 2. The van der Waals surface area contributed by atoms with Gasteiger partial charge in [-0.25, -0.2) is 0 Å². The smallest absolute Gasteiger partial charge is 0.256 e. The van der Waals surface area contributed by atoms with Gasteiger partial charge in [0, 0.05) is 18.7 Å². The van der Waals surface area contributed by atoms with E-state index in [1.807, 2.05) is 30.3 Å². The molecular formula is C24H27N3O3. The number of rotatable bonds is 6. The molecule has 1 N–H and O–H groups in total. The Balaban J connectivity index is 1.57. The number of para-hydroxylation sites is 1. The number of hydrogen-bond donors (Lipinski definition) is 1. The maximum atomic E-state index is 13.3. The van der Waals surface area contributed by atoms with E-state index in [2.05, 4.69) is 12.2 Å². The summed E-state index contributed by atoms with van der Waals surface area (Å²) in [5.41, 5.74) is 2.75. The Bertz CT molecular complexity index is 954. The molecule has 6 heteroatoms. The van der Waals surface area contributed by atoms with Crippen LogP contribution in [0.2, 0.25) is 0 Å². The van der Waals surface area contributed by atoms with Gasteiger partial charge in [0.2, 0.25) is 5.91 Å². The van der Waals surface area contributed by atoms with Gasteiger partial charge in [-0.3, -0.25) is 14.4 Å². The lowest BCUT2D eigenvalue weighted by atomic mass is 10.1. The Labute approximate surface area is 176 Å². The summed E-state index contributed by atoms with van der Waals surface area (Å²) in [4.78, 5) is 42.0. The lowest BCUT2D eigenvalue weighted by molar-refractivity contribution is -0.122. The topological polar surface area (TPSA) is 69.7 Å². The number of amides is 3. The molecule has 1 fully saturated rings. The number of nitrogens with one attached hydrogen (secondary N) is 1. The number of carbonyl (C=O) groups is 3. The molecule has 0 spiro atoms. The molecule has 0 aromatic heterocycles. The molecule has 4 rings (SSSR count). The second kappa shape index (κ2) is 8.69. The van der Waals surface area contributed by atoms with Crippen molar-refractivity contribution in [3.05, 3.63) is 65.2 Å². The minimum atomic E-state index is -0.395. The van der Waals surface area contributed by atoms with E-state index in [1.165, 1.54) is 0 Å². The molecule has 0 saturated carbocycles. The standard InChI is InChI=1S/C24H27N3O3/c1-2-3-14-25-22(28)18-12-10-17(11-13-18)16-27-20-8-5-4-7-19(20)23(29)26-15-6-9-21(26)24(27)30/h4-5,7-8,10-13,21H,2-3,6,9,14-16H2,1H3,(H,25,28)/t21-/m0/s1. The van der Waals surface area contributed by atoms with Crippen molar-refractivity contribution >= 4 is 23.4 Å². The summed E-state index contributed by atoms with van der Waals surface area (Å²) in [6.45, 7) is 3.74. The Kier molecular flexibility index (Phi) is 5.84. The number of anilines is 1. The summed E-state index contributed by atoms with van der Waals surface area (Å²) >= 11 is 0. The molecule has 3 amide bonds. The van der Waals surface area contributed by atoms with E-state index in [0.29, 0.717) is 42.9 Å². The van der Waals surface area contributed by atoms with Crippen LogP contribution in [0.1, 0.15) is 58.9 Å². The predicted octanol–water partition coefficient (Wildman–Crippen LogP) is 3.37. The first kappa shape index (κ1) is 20.1. The quantitative estimate of drug-likeness (QED) is 0.749. The third kappa shape index (κ3) is 3.82. The Morgan fingerprint density at radius 2 is 1.87 bits per heavy atom. The van der Waals surface area contributed by atoms with Crippen LogP contribution >= 0.6 is 0 Å². The molecule has 30 heavy (non-hydrogen) atoms. The Morgan fingerprint density at radius 3 is 2.63 bits per heavy atom. The summed E-state index contributed by atoms with van der Waals surface area (Å²) in [6, 6.07) is 14.3. The monoisotopic (exact) mass is 405 g/mol. The van der Waals surface area contributed by atoms with E-state index < -0.39 is 6.04 Å². The van der Waals surface area contributed by atoms with Crippen LogP contribution < -0.4 is 10.2 Å². The molecule has 0 unspecified atom stereocenters. The molecule has 1 atom stereocenters. The maximum Gasteiger partial charge on any atom is 0.256 e. The summed E-state index contributed by atoms with van der Waals surface area (Å²) in [7, 11) is 0. The first-order chi connectivity index (χ1) is 14.6. The second-order valence-corrected chi connectivity index (χ2v) is 7.90. The van der Waals surface area contributed by atoms with Crippen LogP contribution in [0.5, 0.6) is 0 Å². The van der Waals surface area contributed by atoms with Gasteiger partial charge in [0.1, 0.15) is 6.04 Å². The molecule has 1 saturated heterocycles. The fraction of sp³-hybridized carbons (Fsp3) is 0.375. The van der Waals surface area contributed by atoms with E-state index in [4.69, 9.17) is 0 Å². The molecular weight excluding hydrogens is 378 g/mol. The zero-order chi connectivity index (χ0) is 21.1. The highest BCUT2D eigenvalue weighted by molar-refractivity contribution is 6.11. The lowest BCUT2D eigenvalue weighted by Gasteiger charge is -2.26. The molecule has 0 bridgehead atoms. The van der Waals surface area contributed by atoms with Crippen molar-refractivity contribution in [2.45, 2.75) is 45.2 Å². The van der Waals surface area contributed by atoms with Gasteiger partial charge in [0.25, 0.3) is 11.8 Å². The van der Waals surface area contributed by atoms with Crippen LogP contribution in [0, 0.1) is 0 Å². The number of unbranched alkanes of at least 4 members (excludes halogenated alkanes) is 1. The van der Waals surface area contributed by atoms with Crippen LogP contribution in [-0.4, -0.2) is 41.8 Å². The van der Waals surface area contributed by atoms with E-state index in [0.717, 1.165) is 24.8 Å². The maximum absolute atomic E-state index is 13.3. The van der Waals surface area contributed by atoms with Crippen molar-refractivity contribution in [1.82, 2.24) is 10.2 Å². The van der Waals surface area contributed by atoms with E-state index >= 15 is 0 Å². The van der Waals surface area contributed by atoms with Gasteiger partial charge in [-0.1, -0.05) is 37.6 Å². The lowest BCUT2D eigenvalue weighted by Crippen LogP contribution is -2.44. The van der Waals surface area contributed by atoms with Gasteiger partial charge in [-0.05, 0) is 49.1 Å². The summed E-state index contributed by atoms with van der Waals surface area (Å²) < 4.78 is 0. The molecule has 156 valence electrons. The van der Waals surface area contributed by atoms with Gasteiger partial charge in [0.05, 0.1) is 17.8 Å². The first-order valence-electron chi connectivity index (χ1n) is 10.7. The number of carbonyl (C=O) groups excluding carboxylic acids is 3. The van der Waals surface area contributed by atoms with Gasteiger partial charge in [-0.2, -0.15) is 0 Å². The van der Waals surface area contributed by atoms with Crippen LogP contribution in [0.4, 0.5) is 5.69 Å². The predicted molar refractivity (Wildman–Crippen MR) is 115 cm³/mol. The Hall–Kier alpha value is -3.15. The zero-order valence-electron chi connectivity index (χ0n) is 17.3. The molecule has 2 heterocycles. The molecule has 0 radical (unpaired) electrons. The minimum absolute atomic E-state index is 0.0350. The van der Waals surface area contributed by atoms with Crippen LogP contribution in [0.25, 0.3) is 0 Å². The van der Waals surface area contributed by atoms with Gasteiger partial charge in [0.15, 0.2) is 0 Å². The third-order valence-corrected chi connectivity index (χ3v) is 5.86. The van der Waals surface area contributed by atoms with Crippen LogP contribution in [0.3, 0.4) is 0 Å². The van der Waals surface area contributed by atoms with E-state index in [9.17, 15) is 14.4 Å². The molecule has 2 aliphatic rings. The fourth-order valence-electron chi connectivity index (χ4n) is 4.20. The summed E-state index contributed by atoms with van der Waals surface area (Å²) in [6.07, 6.45) is 3.54. The van der Waals surface area contributed by atoms with E-state index in [-0.39, 0.29) is 17.7 Å². The van der Waals surface area contributed by atoms with Crippen LogP contribution in [-0.2, 0) is 11.3 Å². The molecule has 2 aromatic rings. The SMILES string of the molecule is CCCCNC(=O)c1ccc(CN2C(=O)[C@@H]3CCCN3C(=O)c3ccccc32)cc1. The van der Waals surface area contributed by atoms with E-state index in [1.54, 1.807) is 28.0 Å². The van der Waals surface area contributed by atoms with Gasteiger partial charge < -0.3 is 15.1 Å². The highest BCUT2D eigenvalue weighted by Gasteiger charge is 2.41. The average molecular weight is 405 g/mol. The van der Waals surface area contributed by atoms with Crippen molar-refractivity contribution in [1.29, 1.82) is 0 Å². The van der Waals surface area contributed by atoms with Crippen molar-refractivity contribution in [3.8, 4) is 0 Å². The molecule has 2 aliphatic heterocycles. The first-order valence-corrected chi connectivity index (χ1v) is 10.7. The zero-order valence-corrected chi connectivity index (χ0v) is 17.3. The van der Waals surface area contributed by atoms with Crippen molar-refractivity contribution in [2.24, 2.45) is 0 Å². The average Bonchev–Trinajstić information content (AvgIpc) is 3.24. The highest BCUT2D eigenvalue weighted by Crippen LogP contribution is 2.33. The second-order valence-electron chi connectivity index (χ2n) is 7.90.